The van der Waals surface area contributed by atoms with Gasteiger partial charge >= 0.3 is 0 Å². The number of rotatable bonds is 4. The van der Waals surface area contributed by atoms with Gasteiger partial charge in [0.1, 0.15) is 5.82 Å². The number of thiocarbonyl (C=S) groups is 1. The van der Waals surface area contributed by atoms with Crippen molar-refractivity contribution in [3.63, 3.8) is 0 Å². The standard InChI is InChI=1S/C26H31N7S/c1-16-5-6-20-22(13-16)29-24(34)14-18-15-27-26(31-25(18)20)30-21-7-8-23(28-17(21)2)33(4)19-9-11-32(3)12-10-19/h5-8,13,15,19H,9-12,14H2,1-4H3,(H,29,34)(H,27,30,31). The monoisotopic (exact) mass is 473 g/mol. The molecule has 5 rings (SSSR count). The average molecular weight is 474 g/mol. The molecule has 4 heterocycles. The molecule has 7 nitrogen and oxygen atoms in total. The molecule has 0 radical (unpaired) electrons. The van der Waals surface area contributed by atoms with Gasteiger partial charge in [-0.15, -0.1) is 0 Å². The van der Waals surface area contributed by atoms with Crippen molar-refractivity contribution in [1.82, 2.24) is 19.9 Å². The summed E-state index contributed by atoms with van der Waals surface area (Å²) in [7, 11) is 4.34. The van der Waals surface area contributed by atoms with Crippen LogP contribution in [0.15, 0.2) is 36.5 Å². The van der Waals surface area contributed by atoms with E-state index in [0.717, 1.165) is 70.6 Å². The zero-order chi connectivity index (χ0) is 23.8. The molecule has 34 heavy (non-hydrogen) atoms. The van der Waals surface area contributed by atoms with Crippen molar-refractivity contribution >= 4 is 40.3 Å². The second-order valence-electron chi connectivity index (χ2n) is 9.41. The fraction of sp³-hybridized carbons (Fsp3) is 0.385. The maximum Gasteiger partial charge on any atom is 0.227 e. The lowest BCUT2D eigenvalue weighted by Gasteiger charge is -2.35. The van der Waals surface area contributed by atoms with E-state index in [0.29, 0.717) is 18.4 Å². The minimum absolute atomic E-state index is 0.526. The molecule has 1 aromatic carbocycles. The zero-order valence-corrected chi connectivity index (χ0v) is 21.0. The Balaban J connectivity index is 1.39. The van der Waals surface area contributed by atoms with Crippen molar-refractivity contribution in [2.24, 2.45) is 0 Å². The molecule has 0 aliphatic carbocycles. The third-order valence-corrected chi connectivity index (χ3v) is 7.08. The van der Waals surface area contributed by atoms with E-state index >= 15 is 0 Å². The number of nitrogens with zero attached hydrogens (tertiary/aromatic N) is 5. The molecular formula is C26H31N7S. The zero-order valence-electron chi connectivity index (χ0n) is 20.2. The number of piperidine rings is 1. The highest BCUT2D eigenvalue weighted by atomic mass is 32.1. The fourth-order valence-electron chi connectivity index (χ4n) is 4.73. The van der Waals surface area contributed by atoms with Crippen molar-refractivity contribution in [3.05, 3.63) is 53.3 Å². The van der Waals surface area contributed by atoms with E-state index in [4.69, 9.17) is 22.2 Å². The maximum absolute atomic E-state index is 5.53. The van der Waals surface area contributed by atoms with Gasteiger partial charge in [-0.1, -0.05) is 24.4 Å². The summed E-state index contributed by atoms with van der Waals surface area (Å²) in [5.41, 5.74) is 6.97. The molecular weight excluding hydrogens is 442 g/mol. The Morgan fingerprint density at radius 2 is 1.91 bits per heavy atom. The minimum atomic E-state index is 0.526. The number of aromatic nitrogens is 3. The predicted octanol–water partition coefficient (Wildman–Crippen LogP) is 4.72. The Morgan fingerprint density at radius 3 is 2.68 bits per heavy atom. The molecule has 176 valence electrons. The maximum atomic E-state index is 5.53. The third kappa shape index (κ3) is 4.60. The molecule has 0 unspecified atom stereocenters. The Labute approximate surface area is 206 Å². The van der Waals surface area contributed by atoms with Crippen molar-refractivity contribution < 1.29 is 0 Å². The van der Waals surface area contributed by atoms with Crippen LogP contribution in [0.2, 0.25) is 0 Å². The summed E-state index contributed by atoms with van der Waals surface area (Å²) in [5.74, 6) is 1.56. The van der Waals surface area contributed by atoms with Crippen molar-refractivity contribution in [1.29, 1.82) is 0 Å². The molecule has 3 aromatic rings. The average Bonchev–Trinajstić information content (AvgIpc) is 2.95. The van der Waals surface area contributed by atoms with E-state index in [1.165, 1.54) is 5.56 Å². The van der Waals surface area contributed by atoms with Gasteiger partial charge in [-0.25, -0.2) is 15.0 Å². The van der Waals surface area contributed by atoms with Gasteiger partial charge in [0.2, 0.25) is 5.95 Å². The number of hydrogen-bond acceptors (Lipinski definition) is 7. The summed E-state index contributed by atoms with van der Waals surface area (Å²) in [6.45, 7) is 6.37. The van der Waals surface area contributed by atoms with Crippen LogP contribution >= 0.6 is 12.2 Å². The van der Waals surface area contributed by atoms with Crippen LogP contribution in [0.1, 0.15) is 29.7 Å². The third-order valence-electron chi connectivity index (χ3n) is 6.83. The van der Waals surface area contributed by atoms with Crippen molar-refractivity contribution in [2.45, 2.75) is 39.2 Å². The van der Waals surface area contributed by atoms with E-state index in [2.05, 4.69) is 76.8 Å². The summed E-state index contributed by atoms with van der Waals surface area (Å²) < 4.78 is 0. The van der Waals surface area contributed by atoms with Crippen LogP contribution in [-0.4, -0.2) is 58.1 Å². The number of benzene rings is 1. The number of nitrogens with one attached hydrogen (secondary N) is 2. The summed E-state index contributed by atoms with van der Waals surface area (Å²) in [5, 5.41) is 6.74. The molecule has 0 bridgehead atoms. The minimum Gasteiger partial charge on any atom is -0.357 e. The van der Waals surface area contributed by atoms with Gasteiger partial charge in [-0.05, 0) is 70.6 Å². The van der Waals surface area contributed by atoms with E-state index < -0.39 is 0 Å². The molecule has 2 aromatic heterocycles. The molecule has 2 N–H and O–H groups in total. The number of pyridine rings is 1. The largest absolute Gasteiger partial charge is 0.357 e. The smallest absolute Gasteiger partial charge is 0.227 e. The number of fused-ring (bicyclic) bond motifs is 3. The quantitative estimate of drug-likeness (QED) is 0.528. The van der Waals surface area contributed by atoms with Crippen LogP contribution in [0.25, 0.3) is 11.3 Å². The number of anilines is 4. The molecule has 0 amide bonds. The lowest BCUT2D eigenvalue weighted by atomic mass is 10.0. The molecule has 2 aliphatic rings. The summed E-state index contributed by atoms with van der Waals surface area (Å²) in [6, 6.07) is 11.0. The van der Waals surface area contributed by atoms with Crippen LogP contribution < -0.4 is 15.5 Å². The van der Waals surface area contributed by atoms with Gasteiger partial charge < -0.3 is 20.4 Å². The normalized spacial score (nSPS) is 16.3. The molecule has 0 atom stereocenters. The van der Waals surface area contributed by atoms with E-state index in [9.17, 15) is 0 Å². The molecule has 8 heteroatoms. The molecule has 1 fully saturated rings. The van der Waals surface area contributed by atoms with Gasteiger partial charge in [-0.3, -0.25) is 0 Å². The Hall–Kier alpha value is -3.10. The topological polar surface area (TPSA) is 69.2 Å². The van der Waals surface area contributed by atoms with Crippen LogP contribution in [0.4, 0.5) is 23.1 Å². The molecule has 2 aliphatic heterocycles. The van der Waals surface area contributed by atoms with Crippen LogP contribution in [0, 0.1) is 13.8 Å². The molecule has 1 saturated heterocycles. The van der Waals surface area contributed by atoms with Gasteiger partial charge in [0.15, 0.2) is 0 Å². The van der Waals surface area contributed by atoms with Gasteiger partial charge in [0, 0.05) is 42.5 Å². The molecule has 0 saturated carbocycles. The predicted molar refractivity (Wildman–Crippen MR) is 143 cm³/mol. The van der Waals surface area contributed by atoms with Crippen molar-refractivity contribution in [3.8, 4) is 11.3 Å². The summed E-state index contributed by atoms with van der Waals surface area (Å²) in [4.78, 5) is 19.8. The van der Waals surface area contributed by atoms with E-state index in [-0.39, 0.29) is 0 Å². The fourth-order valence-corrected chi connectivity index (χ4v) is 5.00. The molecule has 0 spiro atoms. The van der Waals surface area contributed by atoms with Crippen molar-refractivity contribution in [2.75, 3.05) is 42.7 Å². The number of hydrogen-bond donors (Lipinski definition) is 2. The first-order chi connectivity index (χ1) is 16.4. The second-order valence-corrected chi connectivity index (χ2v) is 9.91. The SMILES string of the molecule is Cc1ccc2c(c1)NC(=S)Cc1cnc(Nc3ccc(N(C)C4CCN(C)CC4)nc3C)nc1-2. The van der Waals surface area contributed by atoms with E-state index in [1.807, 2.05) is 13.1 Å². The first-order valence-corrected chi connectivity index (χ1v) is 12.2. The second kappa shape index (κ2) is 9.27. The highest BCUT2D eigenvalue weighted by molar-refractivity contribution is 7.80. The highest BCUT2D eigenvalue weighted by Crippen LogP contribution is 2.34. The van der Waals surface area contributed by atoms with Gasteiger partial charge in [0.05, 0.1) is 22.1 Å². The first-order valence-electron chi connectivity index (χ1n) is 11.8. The first kappa shape index (κ1) is 22.7. The van der Waals surface area contributed by atoms with Gasteiger partial charge in [0.25, 0.3) is 0 Å². The van der Waals surface area contributed by atoms with Crippen LogP contribution in [0.3, 0.4) is 0 Å². The van der Waals surface area contributed by atoms with Crippen LogP contribution in [0.5, 0.6) is 0 Å². The van der Waals surface area contributed by atoms with E-state index in [1.54, 1.807) is 0 Å². The highest BCUT2D eigenvalue weighted by Gasteiger charge is 2.22. The Bertz CT molecular complexity index is 1230. The lowest BCUT2D eigenvalue weighted by molar-refractivity contribution is 0.252. The van der Waals surface area contributed by atoms with Crippen LogP contribution in [-0.2, 0) is 6.42 Å². The number of aryl methyl sites for hydroxylation is 2. The number of likely N-dealkylation sites (tertiary alicyclic amines) is 1. The Kier molecular flexibility index (Phi) is 6.18. The van der Waals surface area contributed by atoms with Gasteiger partial charge in [-0.2, -0.15) is 0 Å². The summed E-state index contributed by atoms with van der Waals surface area (Å²) >= 11 is 5.53. The lowest BCUT2D eigenvalue weighted by Crippen LogP contribution is -2.42. The summed E-state index contributed by atoms with van der Waals surface area (Å²) in [6.07, 6.45) is 4.82. The Morgan fingerprint density at radius 1 is 1.12 bits per heavy atom.